The van der Waals surface area contributed by atoms with E-state index in [1.807, 2.05) is 0 Å². The van der Waals surface area contributed by atoms with Crippen molar-refractivity contribution in [3.63, 3.8) is 0 Å². The molecule has 0 unspecified atom stereocenters. The molecule has 0 aliphatic heterocycles. The van der Waals surface area contributed by atoms with Crippen molar-refractivity contribution in [1.82, 2.24) is 0 Å². The molecule has 0 aromatic heterocycles. The Labute approximate surface area is 108 Å². The molecule has 1 amide bonds. The van der Waals surface area contributed by atoms with Crippen molar-refractivity contribution >= 4 is 17.3 Å². The maximum absolute atomic E-state index is 11.8. The second-order valence-corrected chi connectivity index (χ2v) is 3.94. The molecule has 4 nitrogen and oxygen atoms in total. The van der Waals surface area contributed by atoms with Crippen LogP contribution in [0.1, 0.15) is 12.8 Å². The van der Waals surface area contributed by atoms with E-state index in [0.717, 1.165) is 0 Å². The number of halogens is 3. The maximum Gasteiger partial charge on any atom is 0.389 e. The summed E-state index contributed by atoms with van der Waals surface area (Å²) in [5.74, 6) is -0.420. The van der Waals surface area contributed by atoms with Crippen LogP contribution in [0, 0.1) is 0 Å². The number of hydrogen-bond acceptors (Lipinski definition) is 3. The predicted octanol–water partition coefficient (Wildman–Crippen LogP) is 2.57. The Balaban J connectivity index is 2.16. The van der Waals surface area contributed by atoms with Gasteiger partial charge in [0.05, 0.1) is 0 Å². The molecule has 0 aliphatic carbocycles. The third-order valence-electron chi connectivity index (χ3n) is 2.18. The molecule has 0 atom stereocenters. The normalized spacial score (nSPS) is 11.3. The third kappa shape index (κ3) is 7.30. The predicted molar refractivity (Wildman–Crippen MR) is 65.6 cm³/mol. The van der Waals surface area contributed by atoms with Crippen LogP contribution in [0.25, 0.3) is 0 Å². The van der Waals surface area contributed by atoms with Gasteiger partial charge in [0.1, 0.15) is 6.61 Å². The van der Waals surface area contributed by atoms with Gasteiger partial charge in [0, 0.05) is 24.4 Å². The Hall–Kier alpha value is -1.76. The number of rotatable bonds is 6. The number of carbonyl (C=O) groups excluding carboxylic acids is 1. The highest BCUT2D eigenvalue weighted by Gasteiger charge is 2.25. The Morgan fingerprint density at radius 2 is 1.89 bits per heavy atom. The molecule has 1 aromatic rings. The lowest BCUT2D eigenvalue weighted by Crippen LogP contribution is -2.19. The van der Waals surface area contributed by atoms with Crippen LogP contribution in [0.2, 0.25) is 0 Å². The molecule has 106 valence electrons. The summed E-state index contributed by atoms with van der Waals surface area (Å²) in [7, 11) is 0. The van der Waals surface area contributed by atoms with Crippen molar-refractivity contribution in [2.24, 2.45) is 0 Å². The van der Waals surface area contributed by atoms with Crippen LogP contribution in [0.15, 0.2) is 24.3 Å². The number of nitrogen functional groups attached to an aromatic ring is 1. The lowest BCUT2D eigenvalue weighted by atomic mass is 10.3. The summed E-state index contributed by atoms with van der Waals surface area (Å²) in [5.41, 5.74) is 6.60. The lowest BCUT2D eigenvalue weighted by molar-refractivity contribution is -0.138. The van der Waals surface area contributed by atoms with Gasteiger partial charge in [-0.25, -0.2) is 0 Å². The summed E-state index contributed by atoms with van der Waals surface area (Å²) in [5, 5.41) is 2.53. The van der Waals surface area contributed by atoms with Crippen LogP contribution >= 0.6 is 0 Å². The number of nitrogens with two attached hydrogens (primary N) is 1. The molecule has 19 heavy (non-hydrogen) atoms. The third-order valence-corrected chi connectivity index (χ3v) is 2.18. The zero-order chi connectivity index (χ0) is 14.3. The van der Waals surface area contributed by atoms with E-state index in [0.29, 0.717) is 11.4 Å². The van der Waals surface area contributed by atoms with E-state index in [9.17, 15) is 18.0 Å². The van der Waals surface area contributed by atoms with Gasteiger partial charge >= 0.3 is 6.18 Å². The summed E-state index contributed by atoms with van der Waals surface area (Å²) < 4.78 is 40.3. The van der Waals surface area contributed by atoms with Crippen molar-refractivity contribution < 1.29 is 22.7 Å². The Kier molecular flexibility index (Phi) is 5.62. The molecule has 0 bridgehead atoms. The van der Waals surface area contributed by atoms with Gasteiger partial charge in [-0.2, -0.15) is 13.2 Å². The minimum Gasteiger partial charge on any atom is -0.399 e. The minimum absolute atomic E-state index is 0.103. The fourth-order valence-electron chi connectivity index (χ4n) is 1.30. The number of anilines is 2. The summed E-state index contributed by atoms with van der Waals surface area (Å²) in [6.45, 7) is -0.378. The van der Waals surface area contributed by atoms with Crippen LogP contribution in [-0.2, 0) is 9.53 Å². The van der Waals surface area contributed by atoms with Crippen LogP contribution in [-0.4, -0.2) is 25.3 Å². The van der Waals surface area contributed by atoms with Gasteiger partial charge in [0.15, 0.2) is 0 Å². The summed E-state index contributed by atoms with van der Waals surface area (Å²) >= 11 is 0. The number of hydrogen-bond donors (Lipinski definition) is 2. The summed E-state index contributed by atoms with van der Waals surface area (Å²) in [4.78, 5) is 11.4. The smallest absolute Gasteiger partial charge is 0.389 e. The SMILES string of the molecule is Nc1ccc(NC(=O)COCCCC(F)(F)F)cc1. The minimum atomic E-state index is -4.18. The van der Waals surface area contributed by atoms with Crippen molar-refractivity contribution in [3.8, 4) is 0 Å². The highest BCUT2D eigenvalue weighted by molar-refractivity contribution is 5.91. The average Bonchev–Trinajstić information content (AvgIpc) is 2.30. The largest absolute Gasteiger partial charge is 0.399 e. The number of carbonyl (C=O) groups is 1. The number of benzene rings is 1. The molecule has 0 saturated carbocycles. The first-order valence-corrected chi connectivity index (χ1v) is 5.67. The number of ether oxygens (including phenoxy) is 1. The molecule has 7 heteroatoms. The monoisotopic (exact) mass is 276 g/mol. The zero-order valence-corrected chi connectivity index (χ0v) is 10.2. The second-order valence-electron chi connectivity index (χ2n) is 3.94. The number of alkyl halides is 3. The van der Waals surface area contributed by atoms with Gasteiger partial charge < -0.3 is 15.8 Å². The van der Waals surface area contributed by atoms with Crippen molar-refractivity contribution in [2.45, 2.75) is 19.0 Å². The lowest BCUT2D eigenvalue weighted by Gasteiger charge is -2.08. The van der Waals surface area contributed by atoms with E-state index in [2.05, 4.69) is 5.32 Å². The van der Waals surface area contributed by atoms with E-state index in [-0.39, 0.29) is 19.6 Å². The van der Waals surface area contributed by atoms with E-state index >= 15 is 0 Å². The number of nitrogens with one attached hydrogen (secondary N) is 1. The molecule has 0 radical (unpaired) electrons. The summed E-state index contributed by atoms with van der Waals surface area (Å²) in [6, 6.07) is 6.49. The molecule has 0 aliphatic rings. The number of amides is 1. The Bertz CT molecular complexity index is 404. The highest BCUT2D eigenvalue weighted by atomic mass is 19.4. The van der Waals surface area contributed by atoms with Gasteiger partial charge in [-0.3, -0.25) is 4.79 Å². The molecule has 0 fully saturated rings. The van der Waals surface area contributed by atoms with E-state index in [1.165, 1.54) is 0 Å². The second kappa shape index (κ2) is 6.98. The maximum atomic E-state index is 11.8. The first-order chi connectivity index (χ1) is 8.87. The fraction of sp³-hybridized carbons (Fsp3) is 0.417. The molecule has 0 heterocycles. The standard InChI is InChI=1S/C12H15F3N2O2/c13-12(14,15)6-1-7-19-8-11(18)17-10-4-2-9(16)3-5-10/h2-5H,1,6-8,16H2,(H,17,18). The summed E-state index contributed by atoms with van der Waals surface area (Å²) in [6.07, 6.45) is -5.25. The van der Waals surface area contributed by atoms with Crippen molar-refractivity contribution in [2.75, 3.05) is 24.3 Å². The first-order valence-electron chi connectivity index (χ1n) is 5.67. The molecule has 1 aromatic carbocycles. The van der Waals surface area contributed by atoms with E-state index < -0.39 is 18.5 Å². The van der Waals surface area contributed by atoms with Gasteiger partial charge in [-0.05, 0) is 30.7 Å². The Morgan fingerprint density at radius 1 is 1.26 bits per heavy atom. The topological polar surface area (TPSA) is 64.3 Å². The van der Waals surface area contributed by atoms with E-state index in [1.54, 1.807) is 24.3 Å². The van der Waals surface area contributed by atoms with Gasteiger partial charge in [-0.1, -0.05) is 0 Å². The molecular formula is C12H15F3N2O2. The molecule has 0 saturated heterocycles. The van der Waals surface area contributed by atoms with Crippen LogP contribution in [0.3, 0.4) is 0 Å². The fourth-order valence-corrected chi connectivity index (χ4v) is 1.30. The molecular weight excluding hydrogens is 261 g/mol. The van der Waals surface area contributed by atoms with Crippen LogP contribution < -0.4 is 11.1 Å². The van der Waals surface area contributed by atoms with Crippen molar-refractivity contribution in [1.29, 1.82) is 0 Å². The van der Waals surface area contributed by atoms with Gasteiger partial charge in [0.2, 0.25) is 5.91 Å². The Morgan fingerprint density at radius 3 is 2.47 bits per heavy atom. The van der Waals surface area contributed by atoms with Gasteiger partial charge in [-0.15, -0.1) is 0 Å². The molecule has 0 spiro atoms. The average molecular weight is 276 g/mol. The van der Waals surface area contributed by atoms with Crippen molar-refractivity contribution in [3.05, 3.63) is 24.3 Å². The zero-order valence-electron chi connectivity index (χ0n) is 10.2. The first kappa shape index (κ1) is 15.3. The highest BCUT2D eigenvalue weighted by Crippen LogP contribution is 2.20. The van der Waals surface area contributed by atoms with E-state index in [4.69, 9.17) is 10.5 Å². The quantitative estimate of drug-likeness (QED) is 0.620. The van der Waals surface area contributed by atoms with Gasteiger partial charge in [0.25, 0.3) is 0 Å². The molecule has 1 rings (SSSR count). The molecule has 3 N–H and O–H groups in total. The van der Waals surface area contributed by atoms with Crippen LogP contribution in [0.4, 0.5) is 24.5 Å². The van der Waals surface area contributed by atoms with Crippen LogP contribution in [0.5, 0.6) is 0 Å².